The summed E-state index contributed by atoms with van der Waals surface area (Å²) >= 11 is 5.42. The van der Waals surface area contributed by atoms with Crippen LogP contribution in [0.1, 0.15) is 20.3 Å². The number of halogens is 1. The minimum absolute atomic E-state index is 0.0338. The Hall–Kier alpha value is 0.160. The van der Waals surface area contributed by atoms with Crippen LogP contribution in [0.15, 0.2) is 0 Å². The van der Waals surface area contributed by atoms with Crippen LogP contribution in [-0.4, -0.2) is 38.2 Å². The molecule has 0 aromatic heterocycles. The van der Waals surface area contributed by atoms with Crippen molar-refractivity contribution in [1.82, 2.24) is 9.03 Å². The van der Waals surface area contributed by atoms with E-state index in [1.165, 1.54) is 4.31 Å². The van der Waals surface area contributed by atoms with Gasteiger partial charge in [-0.25, -0.2) is 4.72 Å². The largest absolute Gasteiger partial charge is 0.279 e. The van der Waals surface area contributed by atoms with Crippen LogP contribution >= 0.6 is 11.6 Å². The monoisotopic (exact) mass is 228 g/mol. The molecule has 0 spiro atoms. The summed E-state index contributed by atoms with van der Waals surface area (Å²) in [5.74, 6) is 0.466. The first-order valence-corrected chi connectivity index (χ1v) is 6.18. The second-order valence-corrected chi connectivity index (χ2v) is 5.24. The molecule has 0 radical (unpaired) electrons. The van der Waals surface area contributed by atoms with Crippen molar-refractivity contribution in [3.63, 3.8) is 0 Å². The molecule has 0 heterocycles. The van der Waals surface area contributed by atoms with Crippen LogP contribution < -0.4 is 4.72 Å². The van der Waals surface area contributed by atoms with Gasteiger partial charge in [0, 0.05) is 25.5 Å². The van der Waals surface area contributed by atoms with Crippen molar-refractivity contribution in [2.75, 3.05) is 19.5 Å². The molecule has 0 saturated heterocycles. The highest BCUT2D eigenvalue weighted by Gasteiger charge is 2.18. The third kappa shape index (κ3) is 4.81. The van der Waals surface area contributed by atoms with E-state index >= 15 is 0 Å². The molecule has 0 amide bonds. The van der Waals surface area contributed by atoms with Gasteiger partial charge in [0.1, 0.15) is 0 Å². The summed E-state index contributed by atoms with van der Waals surface area (Å²) < 4.78 is 26.6. The first-order valence-electron chi connectivity index (χ1n) is 4.20. The van der Waals surface area contributed by atoms with Crippen LogP contribution in [0, 0.1) is 0 Å². The molecule has 4 nitrogen and oxygen atoms in total. The molecule has 0 aliphatic heterocycles. The molecular weight excluding hydrogens is 212 g/mol. The molecule has 0 bridgehead atoms. The average Bonchev–Trinajstić information content (AvgIpc) is 2.03. The van der Waals surface area contributed by atoms with E-state index in [9.17, 15) is 8.42 Å². The fourth-order valence-electron chi connectivity index (χ4n) is 0.647. The molecule has 0 aromatic carbocycles. The molecule has 0 rings (SSSR count). The van der Waals surface area contributed by atoms with E-state index in [2.05, 4.69) is 4.72 Å². The lowest BCUT2D eigenvalue weighted by Crippen LogP contribution is -2.42. The van der Waals surface area contributed by atoms with Gasteiger partial charge >= 0.3 is 0 Å². The Morgan fingerprint density at radius 2 is 2.00 bits per heavy atom. The SMILES string of the molecule is CC(C)N(C)S(=O)(=O)NCCCCl. The molecule has 0 atom stereocenters. The number of hydrogen-bond acceptors (Lipinski definition) is 2. The van der Waals surface area contributed by atoms with Crippen molar-refractivity contribution in [3.05, 3.63) is 0 Å². The average molecular weight is 229 g/mol. The van der Waals surface area contributed by atoms with Crippen LogP contribution in [0.25, 0.3) is 0 Å². The lowest BCUT2D eigenvalue weighted by Gasteiger charge is -2.20. The fourth-order valence-corrected chi connectivity index (χ4v) is 1.94. The summed E-state index contributed by atoms with van der Waals surface area (Å²) in [5.41, 5.74) is 0. The van der Waals surface area contributed by atoms with Crippen molar-refractivity contribution < 1.29 is 8.42 Å². The lowest BCUT2D eigenvalue weighted by molar-refractivity contribution is 0.402. The maximum atomic E-state index is 11.4. The summed E-state index contributed by atoms with van der Waals surface area (Å²) in [5, 5.41) is 0. The van der Waals surface area contributed by atoms with Gasteiger partial charge in [-0.15, -0.1) is 11.6 Å². The summed E-state index contributed by atoms with van der Waals surface area (Å²) in [7, 11) is -1.76. The van der Waals surface area contributed by atoms with Crippen molar-refractivity contribution in [2.45, 2.75) is 26.3 Å². The van der Waals surface area contributed by atoms with Crippen molar-refractivity contribution in [1.29, 1.82) is 0 Å². The number of nitrogens with zero attached hydrogens (tertiary/aromatic N) is 1. The third-order valence-corrected chi connectivity index (χ3v) is 3.72. The van der Waals surface area contributed by atoms with Crippen LogP contribution in [0.5, 0.6) is 0 Å². The van der Waals surface area contributed by atoms with Gasteiger partial charge in [0.2, 0.25) is 0 Å². The van der Waals surface area contributed by atoms with E-state index in [-0.39, 0.29) is 6.04 Å². The highest BCUT2D eigenvalue weighted by atomic mass is 35.5. The Balaban J connectivity index is 4.08. The molecule has 0 aliphatic rings. The molecule has 0 unspecified atom stereocenters. The van der Waals surface area contributed by atoms with E-state index in [0.717, 1.165) is 0 Å². The zero-order chi connectivity index (χ0) is 10.5. The first-order chi connectivity index (χ1) is 5.91. The topological polar surface area (TPSA) is 49.4 Å². The smallest absolute Gasteiger partial charge is 0.202 e. The normalized spacial score (nSPS) is 12.8. The number of nitrogens with one attached hydrogen (secondary N) is 1. The second kappa shape index (κ2) is 5.80. The predicted octanol–water partition coefficient (Wildman–Crippen LogP) is 0.790. The van der Waals surface area contributed by atoms with Gasteiger partial charge in [0.05, 0.1) is 0 Å². The molecule has 6 heteroatoms. The maximum absolute atomic E-state index is 11.4. The molecular formula is C7H17ClN2O2S. The Morgan fingerprint density at radius 1 is 1.46 bits per heavy atom. The Morgan fingerprint density at radius 3 is 2.38 bits per heavy atom. The molecule has 0 fully saturated rings. The molecule has 0 saturated carbocycles. The predicted molar refractivity (Wildman–Crippen MR) is 55.2 cm³/mol. The van der Waals surface area contributed by atoms with Gasteiger partial charge in [0.25, 0.3) is 10.2 Å². The van der Waals surface area contributed by atoms with Gasteiger partial charge in [-0.1, -0.05) is 0 Å². The Bertz CT molecular complexity index is 229. The highest BCUT2D eigenvalue weighted by molar-refractivity contribution is 7.87. The molecule has 0 aromatic rings. The van der Waals surface area contributed by atoms with E-state index in [1.54, 1.807) is 7.05 Å². The summed E-state index contributed by atoms with van der Waals surface area (Å²) in [6.45, 7) is 4.03. The van der Waals surface area contributed by atoms with Crippen LogP contribution in [0.2, 0.25) is 0 Å². The molecule has 1 N–H and O–H groups in total. The zero-order valence-corrected chi connectivity index (χ0v) is 9.82. The van der Waals surface area contributed by atoms with Gasteiger partial charge in [-0.05, 0) is 20.3 Å². The van der Waals surface area contributed by atoms with Gasteiger partial charge in [-0.3, -0.25) is 0 Å². The highest BCUT2D eigenvalue weighted by Crippen LogP contribution is 2.00. The van der Waals surface area contributed by atoms with E-state index < -0.39 is 10.2 Å². The minimum Gasteiger partial charge on any atom is -0.202 e. The van der Waals surface area contributed by atoms with Crippen molar-refractivity contribution in [3.8, 4) is 0 Å². The zero-order valence-electron chi connectivity index (χ0n) is 8.25. The molecule has 13 heavy (non-hydrogen) atoms. The number of rotatable bonds is 6. The Labute approximate surface area is 85.4 Å². The lowest BCUT2D eigenvalue weighted by atomic mass is 10.4. The summed E-state index contributed by atoms with van der Waals surface area (Å²) in [6, 6.07) is -0.0338. The first kappa shape index (κ1) is 13.2. The van der Waals surface area contributed by atoms with E-state index in [1.807, 2.05) is 13.8 Å². The quantitative estimate of drug-likeness (QED) is 0.540. The number of hydrogen-bond donors (Lipinski definition) is 1. The van der Waals surface area contributed by atoms with Crippen molar-refractivity contribution >= 4 is 21.8 Å². The van der Waals surface area contributed by atoms with Crippen LogP contribution in [-0.2, 0) is 10.2 Å². The van der Waals surface area contributed by atoms with Crippen LogP contribution in [0.3, 0.4) is 0 Å². The summed E-state index contributed by atoms with van der Waals surface area (Å²) in [6.07, 6.45) is 0.646. The van der Waals surface area contributed by atoms with Gasteiger partial charge in [0.15, 0.2) is 0 Å². The summed E-state index contributed by atoms with van der Waals surface area (Å²) in [4.78, 5) is 0. The second-order valence-electron chi connectivity index (χ2n) is 3.05. The third-order valence-electron chi connectivity index (χ3n) is 1.70. The molecule has 0 aliphatic carbocycles. The minimum atomic E-state index is -3.31. The van der Waals surface area contributed by atoms with Gasteiger partial charge < -0.3 is 0 Å². The maximum Gasteiger partial charge on any atom is 0.279 e. The van der Waals surface area contributed by atoms with Crippen molar-refractivity contribution in [2.24, 2.45) is 0 Å². The van der Waals surface area contributed by atoms with E-state index in [0.29, 0.717) is 18.8 Å². The number of alkyl halides is 1. The Kier molecular flexibility index (Phi) is 5.87. The molecule has 80 valence electrons. The van der Waals surface area contributed by atoms with Gasteiger partial charge in [-0.2, -0.15) is 12.7 Å². The fraction of sp³-hybridized carbons (Fsp3) is 1.00. The standard InChI is InChI=1S/C7H17ClN2O2S/c1-7(2)10(3)13(11,12)9-6-4-5-8/h7,9H,4-6H2,1-3H3. The van der Waals surface area contributed by atoms with Crippen LogP contribution in [0.4, 0.5) is 0 Å². The van der Waals surface area contributed by atoms with E-state index in [4.69, 9.17) is 11.6 Å².